The molecule has 2 nitrogen and oxygen atoms in total. The number of hydrogen-bond donors (Lipinski definition) is 1. The van der Waals surface area contributed by atoms with E-state index < -0.39 is 0 Å². The minimum absolute atomic E-state index is 0.0951. The number of rotatable bonds is 5. The van der Waals surface area contributed by atoms with Gasteiger partial charge < -0.3 is 10.6 Å². The van der Waals surface area contributed by atoms with Gasteiger partial charge >= 0.3 is 0 Å². The molecule has 0 heterocycles. The van der Waals surface area contributed by atoms with Crippen molar-refractivity contribution in [3.8, 4) is 0 Å². The first-order valence-corrected chi connectivity index (χ1v) is 6.08. The molecule has 0 aliphatic carbocycles. The normalized spacial score (nSPS) is 12.9. The Hall–Kier alpha value is -1.02. The van der Waals surface area contributed by atoms with Crippen LogP contribution >= 0.6 is 0 Å². The Labute approximate surface area is 99.5 Å². The van der Waals surface area contributed by atoms with Crippen molar-refractivity contribution in [2.45, 2.75) is 33.2 Å². The molecule has 90 valence electrons. The highest BCUT2D eigenvalue weighted by Gasteiger charge is 2.09. The van der Waals surface area contributed by atoms with Gasteiger partial charge in [0.25, 0.3) is 0 Å². The predicted octanol–water partition coefficient (Wildman–Crippen LogP) is 3.19. The molecule has 0 spiro atoms. The molecule has 1 rings (SSSR count). The van der Waals surface area contributed by atoms with Gasteiger partial charge in [0.2, 0.25) is 0 Å². The van der Waals surface area contributed by atoms with Crippen molar-refractivity contribution in [2.24, 2.45) is 11.7 Å². The zero-order valence-electron chi connectivity index (χ0n) is 10.9. The number of nitrogens with two attached hydrogens (primary N) is 1. The molecule has 0 amide bonds. The lowest BCUT2D eigenvalue weighted by atomic mass is 10.1. The minimum atomic E-state index is 0.0951. The molecular formula is C14H24N2. The van der Waals surface area contributed by atoms with Gasteiger partial charge in [-0.25, -0.2) is 0 Å². The average molecular weight is 220 g/mol. The Balaban J connectivity index is 2.77. The second kappa shape index (κ2) is 5.90. The van der Waals surface area contributed by atoms with Crippen LogP contribution in [0.5, 0.6) is 0 Å². The molecule has 0 saturated carbocycles. The van der Waals surface area contributed by atoms with E-state index in [0.717, 1.165) is 12.5 Å². The molecule has 0 aliphatic rings. The van der Waals surface area contributed by atoms with Crippen LogP contribution in [0, 0.1) is 5.92 Å². The van der Waals surface area contributed by atoms with Crippen LogP contribution in [0.3, 0.4) is 0 Å². The van der Waals surface area contributed by atoms with E-state index in [2.05, 4.69) is 50.1 Å². The molecule has 0 saturated heterocycles. The SMILES string of the molecule is CC(C)CCN(C)c1ccccc1[C@@H](C)N. The molecule has 16 heavy (non-hydrogen) atoms. The van der Waals surface area contributed by atoms with Crippen LogP contribution in [0.4, 0.5) is 5.69 Å². The molecule has 2 heteroatoms. The highest BCUT2D eigenvalue weighted by atomic mass is 15.1. The van der Waals surface area contributed by atoms with Gasteiger partial charge in [-0.3, -0.25) is 0 Å². The third-order valence-corrected chi connectivity index (χ3v) is 2.88. The lowest BCUT2D eigenvalue weighted by Gasteiger charge is -2.24. The van der Waals surface area contributed by atoms with Crippen molar-refractivity contribution < 1.29 is 0 Å². The van der Waals surface area contributed by atoms with Crippen LogP contribution in [-0.4, -0.2) is 13.6 Å². The Morgan fingerprint density at radius 1 is 1.19 bits per heavy atom. The summed E-state index contributed by atoms with van der Waals surface area (Å²) in [5.41, 5.74) is 8.47. The summed E-state index contributed by atoms with van der Waals surface area (Å²) in [5, 5.41) is 0. The van der Waals surface area contributed by atoms with Gasteiger partial charge in [0.05, 0.1) is 0 Å². The van der Waals surface area contributed by atoms with Crippen molar-refractivity contribution in [3.63, 3.8) is 0 Å². The fraction of sp³-hybridized carbons (Fsp3) is 0.571. The van der Waals surface area contributed by atoms with Gasteiger partial charge in [-0.15, -0.1) is 0 Å². The average Bonchev–Trinajstić information content (AvgIpc) is 2.25. The van der Waals surface area contributed by atoms with Crippen LogP contribution in [0.2, 0.25) is 0 Å². The first-order chi connectivity index (χ1) is 7.52. The molecule has 0 fully saturated rings. The van der Waals surface area contributed by atoms with Crippen molar-refractivity contribution in [1.82, 2.24) is 0 Å². The Morgan fingerprint density at radius 2 is 1.81 bits per heavy atom. The van der Waals surface area contributed by atoms with Crippen LogP contribution in [-0.2, 0) is 0 Å². The van der Waals surface area contributed by atoms with E-state index >= 15 is 0 Å². The van der Waals surface area contributed by atoms with Gasteiger partial charge in [-0.1, -0.05) is 32.0 Å². The van der Waals surface area contributed by atoms with E-state index in [1.165, 1.54) is 17.7 Å². The maximum Gasteiger partial charge on any atom is 0.0411 e. The molecular weight excluding hydrogens is 196 g/mol. The first-order valence-electron chi connectivity index (χ1n) is 6.08. The number of nitrogens with zero attached hydrogens (tertiary/aromatic N) is 1. The van der Waals surface area contributed by atoms with Crippen molar-refractivity contribution in [3.05, 3.63) is 29.8 Å². The molecule has 2 N–H and O–H groups in total. The van der Waals surface area contributed by atoms with Crippen LogP contribution in [0.15, 0.2) is 24.3 Å². The Kier molecular flexibility index (Phi) is 4.81. The third kappa shape index (κ3) is 3.53. The summed E-state index contributed by atoms with van der Waals surface area (Å²) in [6, 6.07) is 8.49. The van der Waals surface area contributed by atoms with Crippen LogP contribution < -0.4 is 10.6 Å². The highest BCUT2D eigenvalue weighted by molar-refractivity contribution is 5.54. The maximum absolute atomic E-state index is 5.98. The molecule has 0 aromatic heterocycles. The summed E-state index contributed by atoms with van der Waals surface area (Å²) in [4.78, 5) is 2.30. The summed E-state index contributed by atoms with van der Waals surface area (Å²) in [7, 11) is 2.14. The van der Waals surface area contributed by atoms with E-state index in [-0.39, 0.29) is 6.04 Å². The molecule has 0 aliphatic heterocycles. The Bertz CT molecular complexity index is 318. The van der Waals surface area contributed by atoms with Crippen LogP contribution in [0.1, 0.15) is 38.8 Å². The fourth-order valence-electron chi connectivity index (χ4n) is 1.79. The standard InChI is InChI=1S/C14H24N2/c1-11(2)9-10-16(4)14-8-6-5-7-13(14)12(3)15/h5-8,11-12H,9-10,15H2,1-4H3/t12-/m1/s1. The number of benzene rings is 1. The maximum atomic E-state index is 5.98. The lowest BCUT2D eigenvalue weighted by Crippen LogP contribution is -2.22. The minimum Gasteiger partial charge on any atom is -0.374 e. The summed E-state index contributed by atoms with van der Waals surface area (Å²) in [5.74, 6) is 0.741. The second-order valence-corrected chi connectivity index (χ2v) is 4.95. The van der Waals surface area contributed by atoms with Crippen molar-refractivity contribution >= 4 is 5.69 Å². The quantitative estimate of drug-likeness (QED) is 0.825. The van der Waals surface area contributed by atoms with Crippen molar-refractivity contribution in [1.29, 1.82) is 0 Å². The molecule has 1 atom stereocenters. The van der Waals surface area contributed by atoms with Gasteiger partial charge in [-0.05, 0) is 30.9 Å². The van der Waals surface area contributed by atoms with E-state index in [1.807, 2.05) is 6.92 Å². The highest BCUT2D eigenvalue weighted by Crippen LogP contribution is 2.24. The van der Waals surface area contributed by atoms with E-state index in [1.54, 1.807) is 0 Å². The first kappa shape index (κ1) is 13.0. The third-order valence-electron chi connectivity index (χ3n) is 2.88. The molecule has 0 unspecified atom stereocenters. The molecule has 1 aromatic rings. The van der Waals surface area contributed by atoms with Crippen LogP contribution in [0.25, 0.3) is 0 Å². The summed E-state index contributed by atoms with van der Waals surface area (Å²) < 4.78 is 0. The largest absolute Gasteiger partial charge is 0.374 e. The van der Waals surface area contributed by atoms with E-state index in [0.29, 0.717) is 0 Å². The number of para-hydroxylation sites is 1. The van der Waals surface area contributed by atoms with Gasteiger partial charge in [0.15, 0.2) is 0 Å². The van der Waals surface area contributed by atoms with Gasteiger partial charge in [-0.2, -0.15) is 0 Å². The fourth-order valence-corrected chi connectivity index (χ4v) is 1.79. The van der Waals surface area contributed by atoms with E-state index in [9.17, 15) is 0 Å². The second-order valence-electron chi connectivity index (χ2n) is 4.95. The summed E-state index contributed by atoms with van der Waals surface area (Å²) in [6.07, 6.45) is 1.21. The van der Waals surface area contributed by atoms with E-state index in [4.69, 9.17) is 5.73 Å². The topological polar surface area (TPSA) is 29.3 Å². The number of anilines is 1. The van der Waals surface area contributed by atoms with Gasteiger partial charge in [0.1, 0.15) is 0 Å². The summed E-state index contributed by atoms with van der Waals surface area (Å²) in [6.45, 7) is 7.63. The molecule has 0 radical (unpaired) electrons. The van der Waals surface area contributed by atoms with Gasteiger partial charge in [0, 0.05) is 25.3 Å². The summed E-state index contributed by atoms with van der Waals surface area (Å²) >= 11 is 0. The van der Waals surface area contributed by atoms with Crippen molar-refractivity contribution in [2.75, 3.05) is 18.5 Å². The predicted molar refractivity (Wildman–Crippen MR) is 71.8 cm³/mol. The Morgan fingerprint density at radius 3 is 2.38 bits per heavy atom. The number of hydrogen-bond acceptors (Lipinski definition) is 2. The molecule has 1 aromatic carbocycles. The smallest absolute Gasteiger partial charge is 0.0411 e. The lowest BCUT2D eigenvalue weighted by molar-refractivity contribution is 0.584. The monoisotopic (exact) mass is 220 g/mol. The molecule has 0 bridgehead atoms. The zero-order valence-corrected chi connectivity index (χ0v) is 10.9. The zero-order chi connectivity index (χ0) is 12.1.